The predicted molar refractivity (Wildman–Crippen MR) is 77.7 cm³/mol. The number of aryl methyl sites for hydroxylation is 1. The number of nitrogens with one attached hydrogen (secondary N) is 1. The summed E-state index contributed by atoms with van der Waals surface area (Å²) < 4.78 is 0. The van der Waals surface area contributed by atoms with E-state index in [1.54, 1.807) is 0 Å². The van der Waals surface area contributed by atoms with E-state index in [2.05, 4.69) is 29.1 Å². The lowest BCUT2D eigenvalue weighted by atomic mass is 10.1. The smallest absolute Gasteiger partial charge is 0.132 e. The molecular formula is C14H26N4. The lowest BCUT2D eigenvalue weighted by Crippen LogP contribution is -2.20. The second-order valence-electron chi connectivity index (χ2n) is 4.72. The average molecular weight is 250 g/mol. The standard InChI is InChI=1S/C14H26N4/c1-4-7-9-11(8-5-2)16-14-10-12(15)17-13(6-3)18-14/h10-11H,4-9H2,1-3H3,(H3,15,16,17,18). The van der Waals surface area contributed by atoms with Crippen LogP contribution in [0.3, 0.4) is 0 Å². The van der Waals surface area contributed by atoms with Crippen LogP contribution >= 0.6 is 0 Å². The van der Waals surface area contributed by atoms with Crippen molar-refractivity contribution in [1.29, 1.82) is 0 Å². The molecule has 1 aromatic heterocycles. The van der Waals surface area contributed by atoms with Crippen LogP contribution in [0.25, 0.3) is 0 Å². The molecule has 4 heteroatoms. The zero-order valence-electron chi connectivity index (χ0n) is 11.9. The number of nitrogens with zero attached hydrogens (tertiary/aromatic N) is 2. The SMILES string of the molecule is CCCCC(CCC)Nc1cc(N)nc(CC)n1. The van der Waals surface area contributed by atoms with Crippen LogP contribution in [0.4, 0.5) is 11.6 Å². The molecule has 0 aliphatic heterocycles. The maximum Gasteiger partial charge on any atom is 0.132 e. The minimum absolute atomic E-state index is 0.494. The van der Waals surface area contributed by atoms with Gasteiger partial charge in [-0.05, 0) is 12.8 Å². The molecule has 18 heavy (non-hydrogen) atoms. The summed E-state index contributed by atoms with van der Waals surface area (Å²) in [6.45, 7) is 6.48. The monoisotopic (exact) mass is 250 g/mol. The first-order valence-corrected chi connectivity index (χ1v) is 7.09. The maximum absolute atomic E-state index is 5.79. The summed E-state index contributed by atoms with van der Waals surface area (Å²) in [5, 5.41) is 3.50. The van der Waals surface area contributed by atoms with E-state index in [9.17, 15) is 0 Å². The van der Waals surface area contributed by atoms with Crippen LogP contribution in [0.1, 0.15) is 58.7 Å². The predicted octanol–water partition coefficient (Wildman–Crippen LogP) is 3.39. The number of nitrogens with two attached hydrogens (primary N) is 1. The highest BCUT2D eigenvalue weighted by molar-refractivity contribution is 5.45. The van der Waals surface area contributed by atoms with E-state index in [0.29, 0.717) is 11.9 Å². The maximum atomic E-state index is 5.79. The van der Waals surface area contributed by atoms with Crippen molar-refractivity contribution >= 4 is 11.6 Å². The molecule has 0 spiro atoms. The molecule has 0 bridgehead atoms. The third-order valence-electron chi connectivity index (χ3n) is 3.00. The van der Waals surface area contributed by atoms with Crippen molar-refractivity contribution in [3.8, 4) is 0 Å². The van der Waals surface area contributed by atoms with E-state index in [1.807, 2.05) is 13.0 Å². The molecule has 3 N–H and O–H groups in total. The van der Waals surface area contributed by atoms with E-state index in [1.165, 1.54) is 32.1 Å². The van der Waals surface area contributed by atoms with Crippen molar-refractivity contribution in [2.45, 2.75) is 65.3 Å². The molecule has 1 rings (SSSR count). The lowest BCUT2D eigenvalue weighted by molar-refractivity contribution is 0.562. The highest BCUT2D eigenvalue weighted by Gasteiger charge is 2.09. The molecule has 0 aliphatic rings. The van der Waals surface area contributed by atoms with Crippen LogP contribution in [0.15, 0.2) is 6.07 Å². The number of hydrogen-bond acceptors (Lipinski definition) is 4. The zero-order chi connectivity index (χ0) is 13.4. The van der Waals surface area contributed by atoms with Gasteiger partial charge in [0.1, 0.15) is 17.5 Å². The van der Waals surface area contributed by atoms with Crippen molar-refractivity contribution in [3.63, 3.8) is 0 Å². The van der Waals surface area contributed by atoms with E-state index >= 15 is 0 Å². The molecule has 1 atom stereocenters. The highest BCUT2D eigenvalue weighted by atomic mass is 15.1. The van der Waals surface area contributed by atoms with Crippen molar-refractivity contribution in [2.24, 2.45) is 0 Å². The van der Waals surface area contributed by atoms with Gasteiger partial charge in [-0.3, -0.25) is 0 Å². The molecule has 0 radical (unpaired) electrons. The Morgan fingerprint density at radius 2 is 1.94 bits per heavy atom. The third-order valence-corrected chi connectivity index (χ3v) is 3.00. The lowest BCUT2D eigenvalue weighted by Gasteiger charge is -2.19. The van der Waals surface area contributed by atoms with E-state index in [-0.39, 0.29) is 0 Å². The van der Waals surface area contributed by atoms with Crippen molar-refractivity contribution in [3.05, 3.63) is 11.9 Å². The van der Waals surface area contributed by atoms with Gasteiger partial charge in [-0.1, -0.05) is 40.0 Å². The Hall–Kier alpha value is -1.32. The van der Waals surface area contributed by atoms with Gasteiger partial charge in [0.05, 0.1) is 0 Å². The zero-order valence-corrected chi connectivity index (χ0v) is 11.9. The van der Waals surface area contributed by atoms with E-state index < -0.39 is 0 Å². The Morgan fingerprint density at radius 1 is 1.17 bits per heavy atom. The second-order valence-corrected chi connectivity index (χ2v) is 4.72. The van der Waals surface area contributed by atoms with E-state index in [0.717, 1.165) is 18.1 Å². The van der Waals surface area contributed by atoms with Crippen molar-refractivity contribution in [1.82, 2.24) is 9.97 Å². The molecule has 1 unspecified atom stereocenters. The van der Waals surface area contributed by atoms with E-state index in [4.69, 9.17) is 5.73 Å². The number of hydrogen-bond donors (Lipinski definition) is 2. The fraction of sp³-hybridized carbons (Fsp3) is 0.714. The van der Waals surface area contributed by atoms with Crippen LogP contribution < -0.4 is 11.1 Å². The Balaban J connectivity index is 2.69. The van der Waals surface area contributed by atoms with Gasteiger partial charge in [-0.2, -0.15) is 0 Å². The van der Waals surface area contributed by atoms with Crippen molar-refractivity contribution in [2.75, 3.05) is 11.1 Å². The van der Waals surface area contributed by atoms with Gasteiger partial charge in [0.25, 0.3) is 0 Å². The third kappa shape index (κ3) is 4.90. The summed E-state index contributed by atoms with van der Waals surface area (Å²) in [4.78, 5) is 8.67. The fourth-order valence-corrected chi connectivity index (χ4v) is 2.05. The second kappa shape index (κ2) is 7.90. The van der Waals surface area contributed by atoms with Gasteiger partial charge >= 0.3 is 0 Å². The minimum Gasteiger partial charge on any atom is -0.384 e. The quantitative estimate of drug-likeness (QED) is 0.742. The number of aromatic nitrogens is 2. The van der Waals surface area contributed by atoms with Gasteiger partial charge in [-0.25, -0.2) is 9.97 Å². The largest absolute Gasteiger partial charge is 0.384 e. The summed E-state index contributed by atoms with van der Waals surface area (Å²) >= 11 is 0. The Bertz CT molecular complexity index is 352. The van der Waals surface area contributed by atoms with Gasteiger partial charge < -0.3 is 11.1 Å². The molecule has 0 aliphatic carbocycles. The van der Waals surface area contributed by atoms with Crippen LogP contribution in [-0.4, -0.2) is 16.0 Å². The van der Waals surface area contributed by atoms with Gasteiger partial charge in [-0.15, -0.1) is 0 Å². The number of rotatable bonds is 8. The summed E-state index contributed by atoms with van der Waals surface area (Å²) in [6.07, 6.45) is 6.84. The van der Waals surface area contributed by atoms with Gasteiger partial charge in [0, 0.05) is 18.5 Å². The molecule has 1 aromatic rings. The first-order valence-electron chi connectivity index (χ1n) is 7.09. The molecule has 0 saturated heterocycles. The molecule has 102 valence electrons. The van der Waals surface area contributed by atoms with Crippen LogP contribution in [0.5, 0.6) is 0 Å². The molecule has 0 fully saturated rings. The summed E-state index contributed by atoms with van der Waals surface area (Å²) in [6, 6.07) is 2.32. The topological polar surface area (TPSA) is 63.8 Å². The van der Waals surface area contributed by atoms with Crippen LogP contribution in [0.2, 0.25) is 0 Å². The first kappa shape index (κ1) is 14.7. The number of nitrogen functional groups attached to an aromatic ring is 1. The van der Waals surface area contributed by atoms with Crippen molar-refractivity contribution < 1.29 is 0 Å². The number of anilines is 2. The Labute approximate surface area is 110 Å². The highest BCUT2D eigenvalue weighted by Crippen LogP contribution is 2.15. The van der Waals surface area contributed by atoms with Gasteiger partial charge in [0.2, 0.25) is 0 Å². The molecular weight excluding hydrogens is 224 g/mol. The molecule has 1 heterocycles. The average Bonchev–Trinajstić information content (AvgIpc) is 2.35. The molecule has 0 amide bonds. The van der Waals surface area contributed by atoms with Crippen LogP contribution in [-0.2, 0) is 6.42 Å². The summed E-state index contributed by atoms with van der Waals surface area (Å²) in [7, 11) is 0. The van der Waals surface area contributed by atoms with Crippen LogP contribution in [0, 0.1) is 0 Å². The Morgan fingerprint density at radius 3 is 2.56 bits per heavy atom. The summed E-state index contributed by atoms with van der Waals surface area (Å²) in [5.41, 5.74) is 5.79. The molecule has 0 aromatic carbocycles. The minimum atomic E-state index is 0.494. The normalized spacial score (nSPS) is 12.4. The fourth-order valence-electron chi connectivity index (χ4n) is 2.05. The van der Waals surface area contributed by atoms with Gasteiger partial charge in [0.15, 0.2) is 0 Å². The first-order chi connectivity index (χ1) is 8.69. The number of unbranched alkanes of at least 4 members (excludes halogenated alkanes) is 1. The molecule has 0 saturated carbocycles. The molecule has 4 nitrogen and oxygen atoms in total. The Kier molecular flexibility index (Phi) is 6.47. The summed E-state index contributed by atoms with van der Waals surface area (Å²) in [5.74, 6) is 2.23.